The van der Waals surface area contributed by atoms with Gasteiger partial charge in [0.05, 0.1) is 11.8 Å². The maximum absolute atomic E-state index is 9.94. The number of piperazine rings is 1. The first kappa shape index (κ1) is 15.9. The van der Waals surface area contributed by atoms with E-state index in [2.05, 4.69) is 35.3 Å². The molecule has 1 saturated heterocycles. The van der Waals surface area contributed by atoms with Crippen molar-refractivity contribution in [1.82, 2.24) is 10.2 Å². The zero-order chi connectivity index (χ0) is 14.3. The highest BCUT2D eigenvalue weighted by Gasteiger charge is 2.28. The summed E-state index contributed by atoms with van der Waals surface area (Å²) < 4.78 is 0. The molecule has 0 aromatic carbocycles. The van der Waals surface area contributed by atoms with Crippen molar-refractivity contribution in [2.45, 2.75) is 32.8 Å². The smallest absolute Gasteiger partial charge is 0.0962 e. The number of nitrogens with zero attached hydrogens (tertiary/aromatic N) is 2. The molecule has 1 saturated carbocycles. The molecule has 1 aliphatic heterocycles. The van der Waals surface area contributed by atoms with Gasteiger partial charge in [-0.3, -0.25) is 4.99 Å². The van der Waals surface area contributed by atoms with E-state index in [1.54, 1.807) is 0 Å². The maximum Gasteiger partial charge on any atom is 0.0962 e. The van der Waals surface area contributed by atoms with Crippen LogP contribution in [0.3, 0.4) is 0 Å². The Morgan fingerprint density at radius 3 is 2.63 bits per heavy atom. The highest BCUT2D eigenvalue weighted by molar-refractivity contribution is 6.05. The van der Waals surface area contributed by atoms with Crippen molar-refractivity contribution in [1.29, 1.82) is 0 Å². The third kappa shape index (κ3) is 3.91. The SMILES string of the molecule is C=C.CCN=C1/C(=C(\C)N2CCNCC2)CCC1O. The van der Waals surface area contributed by atoms with E-state index in [9.17, 15) is 5.11 Å². The molecular weight excluding hydrogens is 238 g/mol. The van der Waals surface area contributed by atoms with Gasteiger partial charge in [0, 0.05) is 38.4 Å². The van der Waals surface area contributed by atoms with Crippen LogP contribution in [0.1, 0.15) is 26.7 Å². The van der Waals surface area contributed by atoms with Gasteiger partial charge in [-0.05, 0) is 32.3 Å². The zero-order valence-electron chi connectivity index (χ0n) is 12.3. The molecule has 4 nitrogen and oxygen atoms in total. The van der Waals surface area contributed by atoms with E-state index < -0.39 is 0 Å². The Morgan fingerprint density at radius 2 is 2.05 bits per heavy atom. The van der Waals surface area contributed by atoms with Crippen LogP contribution >= 0.6 is 0 Å². The molecule has 2 aliphatic rings. The number of rotatable bonds is 2. The van der Waals surface area contributed by atoms with E-state index in [0.29, 0.717) is 0 Å². The van der Waals surface area contributed by atoms with E-state index in [0.717, 1.165) is 51.3 Å². The predicted octanol–water partition coefficient (Wildman–Crippen LogP) is 1.58. The number of hydrogen-bond donors (Lipinski definition) is 2. The number of aliphatic hydroxyl groups is 1. The molecule has 2 fully saturated rings. The van der Waals surface area contributed by atoms with Gasteiger partial charge < -0.3 is 15.3 Å². The van der Waals surface area contributed by atoms with Gasteiger partial charge in [0.1, 0.15) is 0 Å². The molecule has 1 aliphatic carbocycles. The van der Waals surface area contributed by atoms with Crippen LogP contribution in [-0.4, -0.2) is 54.5 Å². The Hall–Kier alpha value is -1.13. The summed E-state index contributed by atoms with van der Waals surface area (Å²) in [5, 5.41) is 13.3. The van der Waals surface area contributed by atoms with Crippen molar-refractivity contribution in [3.05, 3.63) is 24.4 Å². The first-order valence-electron chi connectivity index (χ1n) is 7.12. The Balaban J connectivity index is 0.000000861. The van der Waals surface area contributed by atoms with Crippen LogP contribution in [0.25, 0.3) is 0 Å². The zero-order valence-corrected chi connectivity index (χ0v) is 12.3. The molecule has 2 rings (SSSR count). The summed E-state index contributed by atoms with van der Waals surface area (Å²) in [7, 11) is 0. The van der Waals surface area contributed by atoms with Crippen LogP contribution in [0.4, 0.5) is 0 Å². The van der Waals surface area contributed by atoms with E-state index in [1.807, 2.05) is 6.92 Å². The second-order valence-electron chi connectivity index (χ2n) is 4.72. The molecule has 0 bridgehead atoms. The fraction of sp³-hybridized carbons (Fsp3) is 0.667. The maximum atomic E-state index is 9.94. The number of aliphatic hydroxyl groups excluding tert-OH is 1. The van der Waals surface area contributed by atoms with Crippen LogP contribution in [0.5, 0.6) is 0 Å². The normalized spacial score (nSPS) is 28.1. The van der Waals surface area contributed by atoms with Crippen molar-refractivity contribution in [3.63, 3.8) is 0 Å². The van der Waals surface area contributed by atoms with Gasteiger partial charge in [0.2, 0.25) is 0 Å². The molecule has 1 atom stereocenters. The average Bonchev–Trinajstić information content (AvgIpc) is 2.83. The standard InChI is InChI=1S/C13H23N3O.C2H4/c1-3-15-13-11(4-5-12(13)17)10(2)16-8-6-14-7-9-16;1-2/h12,14,17H,3-9H2,1-2H3;1-2H2/b11-10+,15-13?;. The fourth-order valence-electron chi connectivity index (χ4n) is 2.68. The molecule has 0 aromatic rings. The molecular formula is C15H27N3O. The second-order valence-corrected chi connectivity index (χ2v) is 4.72. The summed E-state index contributed by atoms with van der Waals surface area (Å²) >= 11 is 0. The van der Waals surface area contributed by atoms with Gasteiger partial charge in [-0.15, -0.1) is 13.2 Å². The quantitative estimate of drug-likeness (QED) is 0.745. The van der Waals surface area contributed by atoms with Crippen molar-refractivity contribution >= 4 is 5.71 Å². The van der Waals surface area contributed by atoms with Gasteiger partial charge in [0.15, 0.2) is 0 Å². The van der Waals surface area contributed by atoms with Crippen LogP contribution in [0, 0.1) is 0 Å². The summed E-state index contributed by atoms with van der Waals surface area (Å²) in [6.07, 6.45) is 1.45. The minimum atomic E-state index is -0.345. The molecule has 0 spiro atoms. The summed E-state index contributed by atoms with van der Waals surface area (Å²) in [4.78, 5) is 6.88. The Labute approximate surface area is 116 Å². The molecule has 0 radical (unpaired) electrons. The third-order valence-corrected chi connectivity index (χ3v) is 3.65. The van der Waals surface area contributed by atoms with Crippen molar-refractivity contribution < 1.29 is 5.11 Å². The molecule has 0 aromatic heterocycles. The minimum absolute atomic E-state index is 0.345. The Morgan fingerprint density at radius 1 is 1.42 bits per heavy atom. The largest absolute Gasteiger partial charge is 0.387 e. The van der Waals surface area contributed by atoms with Gasteiger partial charge in [-0.1, -0.05) is 0 Å². The summed E-state index contributed by atoms with van der Waals surface area (Å²) in [5.74, 6) is 0. The second kappa shape index (κ2) is 8.12. The lowest BCUT2D eigenvalue weighted by Gasteiger charge is -2.31. The highest BCUT2D eigenvalue weighted by atomic mass is 16.3. The third-order valence-electron chi connectivity index (χ3n) is 3.65. The van der Waals surface area contributed by atoms with Gasteiger partial charge in [0.25, 0.3) is 0 Å². The lowest BCUT2D eigenvalue weighted by Crippen LogP contribution is -2.43. The topological polar surface area (TPSA) is 47.9 Å². The fourth-order valence-corrected chi connectivity index (χ4v) is 2.68. The van der Waals surface area contributed by atoms with E-state index in [1.165, 1.54) is 11.3 Å². The van der Waals surface area contributed by atoms with Gasteiger partial charge in [-0.25, -0.2) is 0 Å². The molecule has 4 heteroatoms. The number of hydrogen-bond acceptors (Lipinski definition) is 4. The van der Waals surface area contributed by atoms with Crippen LogP contribution < -0.4 is 5.32 Å². The lowest BCUT2D eigenvalue weighted by atomic mass is 10.1. The van der Waals surface area contributed by atoms with E-state index >= 15 is 0 Å². The van der Waals surface area contributed by atoms with Crippen LogP contribution in [0.15, 0.2) is 29.4 Å². The molecule has 1 heterocycles. The summed E-state index contributed by atoms with van der Waals surface area (Å²) in [5.41, 5.74) is 3.53. The average molecular weight is 265 g/mol. The molecule has 1 unspecified atom stereocenters. The molecule has 108 valence electrons. The van der Waals surface area contributed by atoms with Crippen LogP contribution in [0.2, 0.25) is 0 Å². The van der Waals surface area contributed by atoms with E-state index in [4.69, 9.17) is 0 Å². The first-order chi connectivity index (χ1) is 9.24. The molecule has 0 amide bonds. The van der Waals surface area contributed by atoms with Crippen molar-refractivity contribution in [3.8, 4) is 0 Å². The summed E-state index contributed by atoms with van der Waals surface area (Å²) in [6.45, 7) is 15.2. The number of nitrogens with one attached hydrogen (secondary N) is 1. The van der Waals surface area contributed by atoms with Crippen molar-refractivity contribution in [2.75, 3.05) is 32.7 Å². The van der Waals surface area contributed by atoms with Gasteiger partial charge >= 0.3 is 0 Å². The predicted molar refractivity (Wildman–Crippen MR) is 81.6 cm³/mol. The lowest BCUT2D eigenvalue weighted by molar-refractivity contribution is 0.242. The first-order valence-corrected chi connectivity index (χ1v) is 7.12. The number of allylic oxidation sites excluding steroid dienone is 1. The molecule has 2 N–H and O–H groups in total. The Kier molecular flexibility index (Phi) is 6.81. The van der Waals surface area contributed by atoms with E-state index in [-0.39, 0.29) is 6.10 Å². The van der Waals surface area contributed by atoms with Crippen molar-refractivity contribution in [2.24, 2.45) is 4.99 Å². The van der Waals surface area contributed by atoms with Crippen LogP contribution in [-0.2, 0) is 0 Å². The monoisotopic (exact) mass is 265 g/mol. The Bertz CT molecular complexity index is 343. The molecule has 19 heavy (non-hydrogen) atoms. The number of aliphatic imine (C=N–C) groups is 1. The summed E-state index contributed by atoms with van der Waals surface area (Å²) in [6, 6.07) is 0. The minimum Gasteiger partial charge on any atom is -0.387 e. The highest BCUT2D eigenvalue weighted by Crippen LogP contribution is 2.27. The van der Waals surface area contributed by atoms with Gasteiger partial charge in [-0.2, -0.15) is 0 Å².